The van der Waals surface area contributed by atoms with Crippen molar-refractivity contribution in [2.24, 2.45) is 5.10 Å². The number of rotatable bonds is 4. The Bertz CT molecular complexity index is 774. The summed E-state index contributed by atoms with van der Waals surface area (Å²) in [5.74, 6) is 0.732. The second kappa shape index (κ2) is 6.26. The lowest BCUT2D eigenvalue weighted by Gasteiger charge is -2.08. The highest BCUT2D eigenvalue weighted by Crippen LogP contribution is 2.19. The molecule has 0 unspecified atom stereocenters. The first kappa shape index (κ1) is 14.1. The highest BCUT2D eigenvalue weighted by Gasteiger charge is 2.08. The second-order valence-electron chi connectivity index (χ2n) is 5.08. The van der Waals surface area contributed by atoms with Crippen molar-refractivity contribution in [1.29, 1.82) is 0 Å². The molecule has 0 spiro atoms. The van der Waals surface area contributed by atoms with Gasteiger partial charge < -0.3 is 4.57 Å². The third kappa shape index (κ3) is 2.91. The number of para-hydroxylation sites is 1. The quantitative estimate of drug-likeness (QED) is 0.584. The highest BCUT2D eigenvalue weighted by atomic mass is 15.3. The van der Waals surface area contributed by atoms with Crippen molar-refractivity contribution in [2.75, 3.05) is 5.43 Å². The molecule has 1 N–H and O–H groups in total. The van der Waals surface area contributed by atoms with Crippen LogP contribution in [-0.4, -0.2) is 15.8 Å². The van der Waals surface area contributed by atoms with Crippen LogP contribution in [0.5, 0.6) is 0 Å². The Morgan fingerprint density at radius 3 is 2.55 bits per heavy atom. The first-order valence-corrected chi connectivity index (χ1v) is 7.20. The molecule has 4 heteroatoms. The van der Waals surface area contributed by atoms with Crippen LogP contribution in [0.1, 0.15) is 17.0 Å². The minimum Gasteiger partial charge on any atom is -0.318 e. The Morgan fingerprint density at radius 2 is 1.82 bits per heavy atom. The van der Waals surface area contributed by atoms with E-state index in [0.717, 1.165) is 22.8 Å². The molecular weight excluding hydrogens is 272 g/mol. The lowest BCUT2D eigenvalue weighted by Crippen LogP contribution is -1.99. The van der Waals surface area contributed by atoms with Gasteiger partial charge in [0.05, 0.1) is 6.21 Å². The van der Waals surface area contributed by atoms with E-state index in [4.69, 9.17) is 0 Å². The number of anilines is 1. The van der Waals surface area contributed by atoms with Gasteiger partial charge in [-0.15, -0.1) is 0 Å². The van der Waals surface area contributed by atoms with Gasteiger partial charge in [-0.05, 0) is 44.2 Å². The number of nitrogens with one attached hydrogen (secondary N) is 1. The molecule has 0 saturated heterocycles. The maximum atomic E-state index is 4.27. The highest BCUT2D eigenvalue weighted by molar-refractivity contribution is 5.82. The number of pyridine rings is 1. The third-order valence-corrected chi connectivity index (χ3v) is 3.53. The summed E-state index contributed by atoms with van der Waals surface area (Å²) in [6, 6.07) is 18.1. The van der Waals surface area contributed by atoms with Crippen molar-refractivity contribution in [3.05, 3.63) is 77.7 Å². The van der Waals surface area contributed by atoms with E-state index in [0.29, 0.717) is 0 Å². The molecule has 2 aromatic heterocycles. The molecule has 0 aliphatic rings. The van der Waals surface area contributed by atoms with Crippen LogP contribution in [0, 0.1) is 13.8 Å². The molecule has 0 atom stereocenters. The summed E-state index contributed by atoms with van der Waals surface area (Å²) < 4.78 is 2.22. The summed E-state index contributed by atoms with van der Waals surface area (Å²) in [4.78, 5) is 4.17. The number of nitrogens with zero attached hydrogens (tertiary/aromatic N) is 3. The largest absolute Gasteiger partial charge is 0.318 e. The zero-order valence-corrected chi connectivity index (χ0v) is 12.7. The molecule has 4 nitrogen and oxygen atoms in total. The summed E-state index contributed by atoms with van der Waals surface area (Å²) in [5.41, 5.74) is 7.53. The van der Waals surface area contributed by atoms with Crippen molar-refractivity contribution < 1.29 is 0 Å². The molecule has 2 heterocycles. The normalized spacial score (nSPS) is 11.0. The topological polar surface area (TPSA) is 42.2 Å². The molecule has 0 fully saturated rings. The number of hydrazone groups is 1. The molecule has 0 aliphatic carbocycles. The maximum absolute atomic E-state index is 4.27. The molecule has 0 saturated carbocycles. The van der Waals surface area contributed by atoms with E-state index in [1.54, 1.807) is 6.20 Å². The van der Waals surface area contributed by atoms with Crippen molar-refractivity contribution in [1.82, 2.24) is 9.55 Å². The zero-order valence-electron chi connectivity index (χ0n) is 12.7. The van der Waals surface area contributed by atoms with Gasteiger partial charge in [0.1, 0.15) is 5.82 Å². The minimum atomic E-state index is 0.732. The molecule has 0 amide bonds. The van der Waals surface area contributed by atoms with Crippen LogP contribution in [0.25, 0.3) is 5.69 Å². The monoisotopic (exact) mass is 290 g/mol. The molecule has 3 rings (SSSR count). The van der Waals surface area contributed by atoms with Gasteiger partial charge in [0.25, 0.3) is 0 Å². The number of hydrogen-bond acceptors (Lipinski definition) is 3. The molecule has 110 valence electrons. The Hall–Kier alpha value is -2.88. The molecule has 0 aliphatic heterocycles. The Morgan fingerprint density at radius 1 is 1.05 bits per heavy atom. The maximum Gasteiger partial charge on any atom is 0.146 e. The van der Waals surface area contributed by atoms with E-state index in [-0.39, 0.29) is 0 Å². The summed E-state index contributed by atoms with van der Waals surface area (Å²) >= 11 is 0. The van der Waals surface area contributed by atoms with E-state index >= 15 is 0 Å². The lowest BCUT2D eigenvalue weighted by atomic mass is 10.2. The second-order valence-corrected chi connectivity index (χ2v) is 5.08. The fourth-order valence-corrected chi connectivity index (χ4v) is 2.49. The Balaban J connectivity index is 1.84. The lowest BCUT2D eigenvalue weighted by molar-refractivity contribution is 0.965. The summed E-state index contributed by atoms with van der Waals surface area (Å²) in [6.07, 6.45) is 3.57. The SMILES string of the molecule is Cc1cc(/C=N/Nc2ccccn2)c(C)n1-c1ccccc1. The molecule has 0 bridgehead atoms. The van der Waals surface area contributed by atoms with Gasteiger partial charge in [-0.1, -0.05) is 24.3 Å². The van der Waals surface area contributed by atoms with Crippen LogP contribution in [0.2, 0.25) is 0 Å². The molecule has 3 aromatic rings. The average Bonchev–Trinajstić information content (AvgIpc) is 2.83. The number of hydrogen-bond donors (Lipinski definition) is 1. The van der Waals surface area contributed by atoms with Gasteiger partial charge in [0, 0.05) is 28.8 Å². The van der Waals surface area contributed by atoms with Crippen molar-refractivity contribution in [3.63, 3.8) is 0 Å². The average molecular weight is 290 g/mol. The van der Waals surface area contributed by atoms with Gasteiger partial charge in [0.2, 0.25) is 0 Å². The van der Waals surface area contributed by atoms with Crippen LogP contribution in [0.4, 0.5) is 5.82 Å². The van der Waals surface area contributed by atoms with Crippen molar-refractivity contribution in [3.8, 4) is 5.69 Å². The minimum absolute atomic E-state index is 0.732. The standard InChI is InChI=1S/C18H18N4/c1-14-12-16(13-20-21-18-10-6-7-11-19-18)15(2)22(14)17-8-4-3-5-9-17/h3-13H,1-2H3,(H,19,21)/b20-13+. The van der Waals surface area contributed by atoms with Crippen LogP contribution in [0.3, 0.4) is 0 Å². The smallest absolute Gasteiger partial charge is 0.146 e. The molecule has 0 radical (unpaired) electrons. The van der Waals surface area contributed by atoms with Gasteiger partial charge in [-0.3, -0.25) is 5.43 Å². The molecule has 1 aromatic carbocycles. The van der Waals surface area contributed by atoms with Crippen molar-refractivity contribution in [2.45, 2.75) is 13.8 Å². The van der Waals surface area contributed by atoms with Gasteiger partial charge >= 0.3 is 0 Å². The van der Waals surface area contributed by atoms with Crippen LogP contribution in [-0.2, 0) is 0 Å². The van der Waals surface area contributed by atoms with Gasteiger partial charge in [0.15, 0.2) is 0 Å². The molecular formula is C18H18N4. The number of benzene rings is 1. The Labute approximate surface area is 130 Å². The van der Waals surface area contributed by atoms with Crippen LogP contribution >= 0.6 is 0 Å². The van der Waals surface area contributed by atoms with Crippen LogP contribution < -0.4 is 5.43 Å². The Kier molecular flexibility index (Phi) is 4.01. The van der Waals surface area contributed by atoms with Crippen molar-refractivity contribution >= 4 is 12.0 Å². The van der Waals surface area contributed by atoms with E-state index in [1.807, 2.05) is 42.6 Å². The van der Waals surface area contributed by atoms with E-state index < -0.39 is 0 Å². The fraction of sp³-hybridized carbons (Fsp3) is 0.111. The van der Waals surface area contributed by atoms with E-state index in [1.165, 1.54) is 5.69 Å². The fourth-order valence-electron chi connectivity index (χ4n) is 2.49. The number of aryl methyl sites for hydroxylation is 1. The number of aromatic nitrogens is 2. The van der Waals surface area contributed by atoms with E-state index in [2.05, 4.69) is 52.1 Å². The summed E-state index contributed by atoms with van der Waals surface area (Å²) in [7, 11) is 0. The van der Waals surface area contributed by atoms with Gasteiger partial charge in [-0.2, -0.15) is 5.10 Å². The molecule has 22 heavy (non-hydrogen) atoms. The summed E-state index contributed by atoms with van der Waals surface area (Å²) in [5, 5.41) is 4.27. The van der Waals surface area contributed by atoms with Gasteiger partial charge in [-0.25, -0.2) is 4.98 Å². The van der Waals surface area contributed by atoms with E-state index in [9.17, 15) is 0 Å². The zero-order chi connectivity index (χ0) is 15.4. The predicted octanol–water partition coefficient (Wildman–Crippen LogP) is 3.94. The van der Waals surface area contributed by atoms with Crippen LogP contribution in [0.15, 0.2) is 65.9 Å². The first-order valence-electron chi connectivity index (χ1n) is 7.20. The third-order valence-electron chi connectivity index (χ3n) is 3.53. The predicted molar refractivity (Wildman–Crippen MR) is 90.7 cm³/mol. The summed E-state index contributed by atoms with van der Waals surface area (Å²) in [6.45, 7) is 4.20. The first-order chi connectivity index (χ1) is 10.8.